The summed E-state index contributed by atoms with van der Waals surface area (Å²) in [6.45, 7) is -0.148. The van der Waals surface area contributed by atoms with Gasteiger partial charge in [-0.15, -0.1) is 0 Å². The van der Waals surface area contributed by atoms with Crippen LogP contribution >= 0.6 is 0 Å². The summed E-state index contributed by atoms with van der Waals surface area (Å²) in [6.07, 6.45) is 1.50. The second-order valence-corrected chi connectivity index (χ2v) is 2.27. The Balaban J connectivity index is 2.93. The summed E-state index contributed by atoms with van der Waals surface area (Å²) in [5, 5.41) is 11.2. The van der Waals surface area contributed by atoms with Crippen molar-refractivity contribution in [3.8, 4) is 0 Å². The summed E-state index contributed by atoms with van der Waals surface area (Å²) in [7, 11) is 1.56. The maximum absolute atomic E-state index is 11.1. The van der Waals surface area contributed by atoms with Crippen molar-refractivity contribution in [2.24, 2.45) is 0 Å². The Bertz CT molecular complexity index is 286. The summed E-state index contributed by atoms with van der Waals surface area (Å²) < 4.78 is 0. The van der Waals surface area contributed by atoms with Gasteiger partial charge < -0.3 is 10.4 Å². The number of pyridine rings is 1. The Kier molecular flexibility index (Phi) is 2.76. The third kappa shape index (κ3) is 1.79. The fraction of sp³-hybridized carbons (Fsp3) is 0.250. The van der Waals surface area contributed by atoms with Gasteiger partial charge in [0.25, 0.3) is 5.91 Å². The van der Waals surface area contributed by atoms with Gasteiger partial charge in [-0.1, -0.05) is 0 Å². The van der Waals surface area contributed by atoms with Crippen LogP contribution in [0.3, 0.4) is 0 Å². The summed E-state index contributed by atoms with van der Waals surface area (Å²) in [5.74, 6) is -0.174. The van der Waals surface area contributed by atoms with E-state index in [-0.39, 0.29) is 12.5 Å². The number of carbonyl (C=O) groups excluding carboxylic acids is 1. The highest BCUT2D eigenvalue weighted by Gasteiger charge is 2.02. The molecular weight excluding hydrogens is 156 g/mol. The molecule has 0 bridgehead atoms. The predicted octanol–water partition coefficient (Wildman–Crippen LogP) is -0.0665. The quantitative estimate of drug-likeness (QED) is 0.646. The Labute approximate surface area is 70.3 Å². The van der Waals surface area contributed by atoms with Crippen molar-refractivity contribution in [3.63, 3.8) is 0 Å². The zero-order valence-corrected chi connectivity index (χ0v) is 6.74. The first-order valence-corrected chi connectivity index (χ1v) is 3.56. The molecule has 1 amide bonds. The zero-order chi connectivity index (χ0) is 8.97. The molecule has 1 aromatic heterocycles. The molecule has 4 nitrogen and oxygen atoms in total. The van der Waals surface area contributed by atoms with Crippen molar-refractivity contribution in [1.29, 1.82) is 0 Å². The number of aliphatic hydroxyl groups excluding tert-OH is 1. The standard InChI is InChI=1S/C8H10N2O2/c1-9-8(12)6-2-3-10-7(4-6)5-11/h2-4,11H,5H2,1H3,(H,9,12). The van der Waals surface area contributed by atoms with Crippen molar-refractivity contribution >= 4 is 5.91 Å². The second-order valence-electron chi connectivity index (χ2n) is 2.27. The molecule has 0 saturated carbocycles. The third-order valence-electron chi connectivity index (χ3n) is 1.47. The summed E-state index contributed by atoms with van der Waals surface area (Å²) in [4.78, 5) is 14.9. The van der Waals surface area contributed by atoms with Crippen LogP contribution in [0.2, 0.25) is 0 Å². The normalized spacial score (nSPS) is 9.50. The first kappa shape index (κ1) is 8.67. The lowest BCUT2D eigenvalue weighted by atomic mass is 10.2. The van der Waals surface area contributed by atoms with Crippen LogP contribution in [0.1, 0.15) is 16.1 Å². The minimum absolute atomic E-state index is 0.148. The van der Waals surface area contributed by atoms with E-state index in [4.69, 9.17) is 5.11 Å². The zero-order valence-electron chi connectivity index (χ0n) is 6.74. The van der Waals surface area contributed by atoms with E-state index in [0.717, 1.165) is 0 Å². The molecular formula is C8H10N2O2. The van der Waals surface area contributed by atoms with Crippen LogP contribution in [0, 0.1) is 0 Å². The molecule has 0 aliphatic rings. The van der Waals surface area contributed by atoms with Crippen LogP contribution in [0.25, 0.3) is 0 Å². The molecule has 0 aromatic carbocycles. The number of amides is 1. The fourth-order valence-electron chi connectivity index (χ4n) is 0.850. The highest BCUT2D eigenvalue weighted by Crippen LogP contribution is 2.00. The van der Waals surface area contributed by atoms with Gasteiger partial charge in [-0.05, 0) is 12.1 Å². The van der Waals surface area contributed by atoms with Gasteiger partial charge in [-0.3, -0.25) is 9.78 Å². The highest BCUT2D eigenvalue weighted by atomic mass is 16.3. The number of nitrogens with zero attached hydrogens (tertiary/aromatic N) is 1. The average Bonchev–Trinajstić information content (AvgIpc) is 2.17. The number of hydrogen-bond donors (Lipinski definition) is 2. The van der Waals surface area contributed by atoms with Crippen molar-refractivity contribution in [2.75, 3.05) is 7.05 Å². The van der Waals surface area contributed by atoms with E-state index in [2.05, 4.69) is 10.3 Å². The fourth-order valence-corrected chi connectivity index (χ4v) is 0.850. The van der Waals surface area contributed by atoms with E-state index in [0.29, 0.717) is 11.3 Å². The number of carbonyl (C=O) groups is 1. The van der Waals surface area contributed by atoms with E-state index >= 15 is 0 Å². The molecule has 12 heavy (non-hydrogen) atoms. The first-order chi connectivity index (χ1) is 5.77. The molecule has 0 unspecified atom stereocenters. The molecule has 0 fully saturated rings. The monoisotopic (exact) mass is 166 g/mol. The molecule has 0 atom stereocenters. The number of nitrogens with one attached hydrogen (secondary N) is 1. The predicted molar refractivity (Wildman–Crippen MR) is 43.6 cm³/mol. The molecule has 4 heteroatoms. The third-order valence-corrected chi connectivity index (χ3v) is 1.47. The first-order valence-electron chi connectivity index (χ1n) is 3.56. The summed E-state index contributed by atoms with van der Waals surface area (Å²) >= 11 is 0. The van der Waals surface area contributed by atoms with Gasteiger partial charge in [0.15, 0.2) is 0 Å². The Morgan fingerprint density at radius 2 is 2.50 bits per heavy atom. The van der Waals surface area contributed by atoms with E-state index < -0.39 is 0 Å². The van der Waals surface area contributed by atoms with Gasteiger partial charge in [-0.25, -0.2) is 0 Å². The second kappa shape index (κ2) is 3.82. The number of rotatable bonds is 2. The lowest BCUT2D eigenvalue weighted by molar-refractivity contribution is 0.0963. The van der Waals surface area contributed by atoms with Crippen molar-refractivity contribution < 1.29 is 9.90 Å². The van der Waals surface area contributed by atoms with Crippen molar-refractivity contribution in [3.05, 3.63) is 29.6 Å². The van der Waals surface area contributed by atoms with Crippen LogP contribution in [-0.2, 0) is 6.61 Å². The molecule has 0 saturated heterocycles. The molecule has 1 rings (SSSR count). The topological polar surface area (TPSA) is 62.2 Å². The van der Waals surface area contributed by atoms with Gasteiger partial charge in [0.05, 0.1) is 12.3 Å². The lowest BCUT2D eigenvalue weighted by Crippen LogP contribution is -2.18. The van der Waals surface area contributed by atoms with Crippen LogP contribution < -0.4 is 5.32 Å². The average molecular weight is 166 g/mol. The summed E-state index contributed by atoms with van der Waals surface area (Å²) in [6, 6.07) is 3.15. The Hall–Kier alpha value is -1.42. The van der Waals surface area contributed by atoms with Crippen LogP contribution in [-0.4, -0.2) is 23.0 Å². The van der Waals surface area contributed by atoms with Gasteiger partial charge >= 0.3 is 0 Å². The Morgan fingerprint density at radius 1 is 1.75 bits per heavy atom. The van der Waals surface area contributed by atoms with E-state index in [1.54, 1.807) is 19.2 Å². The molecule has 64 valence electrons. The SMILES string of the molecule is CNC(=O)c1ccnc(CO)c1. The van der Waals surface area contributed by atoms with Crippen molar-refractivity contribution in [2.45, 2.75) is 6.61 Å². The largest absolute Gasteiger partial charge is 0.390 e. The molecule has 0 radical (unpaired) electrons. The molecule has 2 N–H and O–H groups in total. The number of hydrogen-bond acceptors (Lipinski definition) is 3. The maximum Gasteiger partial charge on any atom is 0.251 e. The Morgan fingerprint density at radius 3 is 3.08 bits per heavy atom. The molecule has 1 aromatic rings. The summed E-state index contributed by atoms with van der Waals surface area (Å²) in [5.41, 5.74) is 1.01. The minimum Gasteiger partial charge on any atom is -0.390 e. The maximum atomic E-state index is 11.1. The van der Waals surface area contributed by atoms with E-state index in [1.165, 1.54) is 6.20 Å². The smallest absolute Gasteiger partial charge is 0.251 e. The van der Waals surface area contributed by atoms with E-state index in [1.807, 2.05) is 0 Å². The van der Waals surface area contributed by atoms with Crippen molar-refractivity contribution in [1.82, 2.24) is 10.3 Å². The molecule has 0 spiro atoms. The van der Waals surface area contributed by atoms with Crippen LogP contribution in [0.4, 0.5) is 0 Å². The van der Waals surface area contributed by atoms with Crippen LogP contribution in [0.5, 0.6) is 0 Å². The van der Waals surface area contributed by atoms with Crippen LogP contribution in [0.15, 0.2) is 18.3 Å². The van der Waals surface area contributed by atoms with Gasteiger partial charge in [-0.2, -0.15) is 0 Å². The number of aliphatic hydroxyl groups is 1. The van der Waals surface area contributed by atoms with Gasteiger partial charge in [0, 0.05) is 18.8 Å². The van der Waals surface area contributed by atoms with E-state index in [9.17, 15) is 4.79 Å². The van der Waals surface area contributed by atoms with Gasteiger partial charge in [0.1, 0.15) is 0 Å². The molecule has 1 heterocycles. The molecule has 0 aliphatic heterocycles. The minimum atomic E-state index is -0.174. The molecule has 0 aliphatic carbocycles. The highest BCUT2D eigenvalue weighted by molar-refractivity contribution is 5.93. The number of aromatic nitrogens is 1. The lowest BCUT2D eigenvalue weighted by Gasteiger charge is -2.00. The van der Waals surface area contributed by atoms with Gasteiger partial charge in [0.2, 0.25) is 0 Å².